The molecule has 100 valence electrons. The van der Waals surface area contributed by atoms with Crippen molar-refractivity contribution in [1.29, 1.82) is 0 Å². The minimum Gasteiger partial charge on any atom is -0.409 e. The number of thioether (sulfide) groups is 1. The van der Waals surface area contributed by atoms with Crippen molar-refractivity contribution in [3.05, 3.63) is 36.2 Å². The van der Waals surface area contributed by atoms with E-state index in [0.717, 1.165) is 20.5 Å². The average Bonchev–Trinajstić information content (AvgIpc) is 2.83. The van der Waals surface area contributed by atoms with Gasteiger partial charge >= 0.3 is 0 Å². The minimum absolute atomic E-state index is 0.113. The van der Waals surface area contributed by atoms with Crippen LogP contribution in [-0.4, -0.2) is 26.8 Å². The third-order valence-corrected chi connectivity index (χ3v) is 4.47. The summed E-state index contributed by atoms with van der Waals surface area (Å²) in [5.41, 5.74) is 6.53. The zero-order valence-electron chi connectivity index (χ0n) is 10.6. The number of nitrogens with zero attached hydrogens (tertiary/aromatic N) is 3. The van der Waals surface area contributed by atoms with Crippen molar-refractivity contribution >= 4 is 29.4 Å². The molecule has 2 aromatic rings. The lowest BCUT2D eigenvalue weighted by atomic mass is 10.2. The first kappa shape index (κ1) is 13.8. The van der Waals surface area contributed by atoms with Crippen LogP contribution < -0.4 is 5.73 Å². The maximum atomic E-state index is 8.94. The number of benzene rings is 1. The first-order valence-corrected chi connectivity index (χ1v) is 7.51. The molecule has 0 unspecified atom stereocenters. The van der Waals surface area contributed by atoms with Crippen LogP contribution in [0.3, 0.4) is 0 Å². The molecule has 0 aliphatic rings. The molecule has 0 aliphatic heterocycles. The van der Waals surface area contributed by atoms with Crippen LogP contribution in [0.25, 0.3) is 0 Å². The summed E-state index contributed by atoms with van der Waals surface area (Å²) < 4.78 is 1.92. The van der Waals surface area contributed by atoms with Crippen LogP contribution in [0, 0.1) is 0 Å². The number of hydrogen-bond acceptors (Lipinski definition) is 5. The van der Waals surface area contributed by atoms with Gasteiger partial charge in [-0.1, -0.05) is 23.0 Å². The van der Waals surface area contributed by atoms with Gasteiger partial charge in [0, 0.05) is 34.8 Å². The Morgan fingerprint density at radius 2 is 2.16 bits per heavy atom. The maximum Gasteiger partial charge on any atom is 0.172 e. The second kappa shape index (κ2) is 6.03. The number of aromatic nitrogens is 2. The summed E-state index contributed by atoms with van der Waals surface area (Å²) in [4.78, 5) is 6.15. The monoisotopic (exact) mass is 294 g/mol. The molecule has 1 aromatic heterocycles. The predicted octanol–water partition coefficient (Wildman–Crippen LogP) is 2.39. The van der Waals surface area contributed by atoms with Crippen LogP contribution in [0.4, 0.5) is 0 Å². The average molecular weight is 294 g/mol. The lowest BCUT2D eigenvalue weighted by molar-refractivity contribution is 0.318. The Balaban J connectivity index is 2.48. The number of aryl methyl sites for hydroxylation is 1. The van der Waals surface area contributed by atoms with Gasteiger partial charge in [-0.05, 0) is 18.4 Å². The summed E-state index contributed by atoms with van der Waals surface area (Å²) in [5, 5.41) is 12.9. The van der Waals surface area contributed by atoms with E-state index in [-0.39, 0.29) is 5.84 Å². The normalized spacial score (nSPS) is 11.8. The van der Waals surface area contributed by atoms with E-state index in [2.05, 4.69) is 10.1 Å². The Morgan fingerprint density at radius 3 is 2.74 bits per heavy atom. The summed E-state index contributed by atoms with van der Waals surface area (Å²) in [6.07, 6.45) is 5.58. The van der Waals surface area contributed by atoms with E-state index in [1.165, 1.54) is 11.8 Å². The Morgan fingerprint density at radius 1 is 1.42 bits per heavy atom. The molecule has 5 nitrogen and oxygen atoms in total. The number of oxime groups is 1. The van der Waals surface area contributed by atoms with E-state index in [1.807, 2.05) is 42.3 Å². The van der Waals surface area contributed by atoms with E-state index >= 15 is 0 Å². The van der Waals surface area contributed by atoms with Crippen molar-refractivity contribution in [3.63, 3.8) is 0 Å². The number of amidine groups is 1. The van der Waals surface area contributed by atoms with Gasteiger partial charge in [0.15, 0.2) is 11.0 Å². The molecule has 0 amide bonds. The summed E-state index contributed by atoms with van der Waals surface area (Å²) in [6, 6.07) is 5.83. The number of nitrogens with two attached hydrogens (primary N) is 1. The molecule has 7 heteroatoms. The van der Waals surface area contributed by atoms with Crippen LogP contribution in [0.1, 0.15) is 5.56 Å². The van der Waals surface area contributed by atoms with Gasteiger partial charge in [-0.2, -0.15) is 0 Å². The molecule has 0 saturated heterocycles. The fourth-order valence-electron chi connectivity index (χ4n) is 1.62. The smallest absolute Gasteiger partial charge is 0.172 e. The van der Waals surface area contributed by atoms with Gasteiger partial charge in [0.1, 0.15) is 0 Å². The van der Waals surface area contributed by atoms with Gasteiger partial charge in [-0.3, -0.25) is 0 Å². The van der Waals surface area contributed by atoms with Crippen molar-refractivity contribution in [3.8, 4) is 0 Å². The van der Waals surface area contributed by atoms with Crippen LogP contribution in [0.2, 0.25) is 0 Å². The molecule has 1 aromatic carbocycles. The fourth-order valence-corrected chi connectivity index (χ4v) is 3.29. The minimum atomic E-state index is 0.113. The molecule has 0 bridgehead atoms. The van der Waals surface area contributed by atoms with Crippen molar-refractivity contribution < 1.29 is 5.21 Å². The van der Waals surface area contributed by atoms with Crippen molar-refractivity contribution in [1.82, 2.24) is 9.55 Å². The van der Waals surface area contributed by atoms with Gasteiger partial charge in [0.2, 0.25) is 0 Å². The van der Waals surface area contributed by atoms with Gasteiger partial charge in [-0.25, -0.2) is 4.98 Å². The topological polar surface area (TPSA) is 76.4 Å². The van der Waals surface area contributed by atoms with Crippen molar-refractivity contribution in [2.24, 2.45) is 17.9 Å². The van der Waals surface area contributed by atoms with Crippen molar-refractivity contribution in [2.45, 2.75) is 14.9 Å². The Kier molecular flexibility index (Phi) is 4.39. The fraction of sp³-hybridized carbons (Fsp3) is 0.167. The van der Waals surface area contributed by atoms with E-state index in [1.54, 1.807) is 18.0 Å². The molecule has 0 spiro atoms. The highest BCUT2D eigenvalue weighted by atomic mass is 32.2. The first-order valence-electron chi connectivity index (χ1n) is 5.47. The predicted molar refractivity (Wildman–Crippen MR) is 78.1 cm³/mol. The maximum absolute atomic E-state index is 8.94. The highest BCUT2D eigenvalue weighted by molar-refractivity contribution is 7.99. The Hall–Kier alpha value is -1.60. The van der Waals surface area contributed by atoms with E-state index in [9.17, 15) is 0 Å². The largest absolute Gasteiger partial charge is 0.409 e. The van der Waals surface area contributed by atoms with E-state index in [4.69, 9.17) is 10.9 Å². The van der Waals surface area contributed by atoms with Gasteiger partial charge in [0.25, 0.3) is 0 Å². The highest BCUT2D eigenvalue weighted by Crippen LogP contribution is 2.33. The molecule has 0 fully saturated rings. The summed E-state index contributed by atoms with van der Waals surface area (Å²) in [7, 11) is 1.93. The molecule has 1 heterocycles. The molecule has 3 N–H and O–H groups in total. The molecule has 19 heavy (non-hydrogen) atoms. The molecular weight excluding hydrogens is 280 g/mol. The standard InChI is InChI=1S/C12H14N4OS2/c1-16-7-6-14-12(16)19-9-5-3-4-8(18-2)10(9)11(13)15-17/h3-7,17H,1-2H3,(H2,13,15). The third kappa shape index (κ3) is 2.87. The van der Waals surface area contributed by atoms with E-state index < -0.39 is 0 Å². The summed E-state index contributed by atoms with van der Waals surface area (Å²) >= 11 is 3.04. The van der Waals surface area contributed by atoms with Crippen LogP contribution in [0.5, 0.6) is 0 Å². The molecule has 0 atom stereocenters. The Labute approximate surface area is 119 Å². The second-order valence-corrected chi connectivity index (χ2v) is 5.60. The Bertz CT molecular complexity index is 610. The van der Waals surface area contributed by atoms with Gasteiger partial charge in [-0.15, -0.1) is 11.8 Å². The van der Waals surface area contributed by atoms with Crippen LogP contribution >= 0.6 is 23.5 Å². The summed E-state index contributed by atoms with van der Waals surface area (Å²) in [6.45, 7) is 0. The molecular formula is C12H14N4OS2. The second-order valence-electron chi connectivity index (χ2n) is 3.74. The van der Waals surface area contributed by atoms with Gasteiger partial charge in [0.05, 0.1) is 0 Å². The third-order valence-electron chi connectivity index (χ3n) is 2.55. The molecule has 2 rings (SSSR count). The first-order chi connectivity index (χ1) is 9.17. The zero-order chi connectivity index (χ0) is 13.8. The molecule has 0 saturated carbocycles. The lowest BCUT2D eigenvalue weighted by Crippen LogP contribution is -2.15. The molecule has 0 radical (unpaired) electrons. The quantitative estimate of drug-likeness (QED) is 0.298. The van der Waals surface area contributed by atoms with Crippen LogP contribution in [0.15, 0.2) is 50.7 Å². The number of imidazole rings is 1. The SMILES string of the molecule is CSc1cccc(Sc2nccn2C)c1/C(N)=N/O. The number of rotatable bonds is 4. The lowest BCUT2D eigenvalue weighted by Gasteiger charge is -2.11. The van der Waals surface area contributed by atoms with Gasteiger partial charge < -0.3 is 15.5 Å². The number of hydrogen-bond donors (Lipinski definition) is 2. The highest BCUT2D eigenvalue weighted by Gasteiger charge is 2.14. The summed E-state index contributed by atoms with van der Waals surface area (Å²) in [5.74, 6) is 0.113. The molecule has 0 aliphatic carbocycles. The van der Waals surface area contributed by atoms with Crippen LogP contribution in [-0.2, 0) is 7.05 Å². The van der Waals surface area contributed by atoms with Crippen molar-refractivity contribution in [2.75, 3.05) is 6.26 Å². The zero-order valence-corrected chi connectivity index (χ0v) is 12.2. The van der Waals surface area contributed by atoms with E-state index in [0.29, 0.717) is 0 Å².